The van der Waals surface area contributed by atoms with Gasteiger partial charge < -0.3 is 14.7 Å². The van der Waals surface area contributed by atoms with E-state index >= 15 is 0 Å². The Bertz CT molecular complexity index is 445. The maximum absolute atomic E-state index is 12.2. The number of likely N-dealkylation sites (tertiary alicyclic amines) is 1. The van der Waals surface area contributed by atoms with Crippen molar-refractivity contribution >= 4 is 11.9 Å². The molecule has 0 aliphatic carbocycles. The van der Waals surface area contributed by atoms with Crippen LogP contribution in [0.3, 0.4) is 0 Å². The Morgan fingerprint density at radius 3 is 3.00 bits per heavy atom. The van der Waals surface area contributed by atoms with Crippen molar-refractivity contribution in [3.8, 4) is 0 Å². The molecule has 1 aromatic heterocycles. The van der Waals surface area contributed by atoms with Crippen molar-refractivity contribution in [2.45, 2.75) is 18.4 Å². The molecule has 98 valence electrons. The van der Waals surface area contributed by atoms with Gasteiger partial charge in [0.2, 0.25) is 0 Å². The number of carbonyl (C=O) groups is 2. The quantitative estimate of drug-likeness (QED) is 0.794. The number of H-pyrrole nitrogens is 1. The second-order valence-corrected chi connectivity index (χ2v) is 4.32. The van der Waals surface area contributed by atoms with E-state index in [9.17, 15) is 14.7 Å². The van der Waals surface area contributed by atoms with Crippen LogP contribution < -0.4 is 0 Å². The van der Waals surface area contributed by atoms with E-state index in [0.717, 1.165) is 0 Å². The molecule has 1 aliphatic rings. The third-order valence-corrected chi connectivity index (χ3v) is 3.26. The summed E-state index contributed by atoms with van der Waals surface area (Å²) in [5.74, 6) is -1.36. The van der Waals surface area contributed by atoms with Crippen LogP contribution in [0.2, 0.25) is 0 Å². The highest BCUT2D eigenvalue weighted by Gasteiger charge is 2.50. The van der Waals surface area contributed by atoms with Gasteiger partial charge in [-0.25, -0.2) is 4.79 Å². The van der Waals surface area contributed by atoms with Crippen LogP contribution >= 0.6 is 0 Å². The number of nitrogens with one attached hydrogen (secondary N) is 1. The zero-order valence-electron chi connectivity index (χ0n) is 10.0. The van der Waals surface area contributed by atoms with Crippen molar-refractivity contribution in [3.05, 3.63) is 18.0 Å². The van der Waals surface area contributed by atoms with Crippen LogP contribution in [-0.2, 0) is 9.53 Å². The SMILES string of the molecule is COCC1(C(=O)O)CCCN1C(=O)c1cn[nH]c1. The normalized spacial score (nSPS) is 23.3. The van der Waals surface area contributed by atoms with Gasteiger partial charge in [0.25, 0.3) is 5.91 Å². The molecule has 18 heavy (non-hydrogen) atoms. The van der Waals surface area contributed by atoms with Gasteiger partial charge in [0.05, 0.1) is 18.4 Å². The molecule has 0 spiro atoms. The zero-order valence-corrected chi connectivity index (χ0v) is 10.0. The first-order chi connectivity index (χ1) is 8.62. The summed E-state index contributed by atoms with van der Waals surface area (Å²) in [4.78, 5) is 25.1. The van der Waals surface area contributed by atoms with Crippen LogP contribution in [-0.4, -0.2) is 57.9 Å². The molecule has 1 aromatic rings. The molecule has 7 nitrogen and oxygen atoms in total. The summed E-state index contributed by atoms with van der Waals surface area (Å²) in [5, 5.41) is 15.7. The zero-order chi connectivity index (χ0) is 13.2. The maximum Gasteiger partial charge on any atom is 0.332 e. The van der Waals surface area contributed by atoms with E-state index in [2.05, 4.69) is 10.2 Å². The molecule has 0 bridgehead atoms. The van der Waals surface area contributed by atoms with E-state index < -0.39 is 11.5 Å². The molecule has 7 heteroatoms. The fourth-order valence-corrected chi connectivity index (χ4v) is 2.37. The largest absolute Gasteiger partial charge is 0.479 e. The molecule has 2 rings (SSSR count). The third-order valence-electron chi connectivity index (χ3n) is 3.26. The minimum atomic E-state index is -1.26. The van der Waals surface area contributed by atoms with Crippen molar-refractivity contribution in [2.75, 3.05) is 20.3 Å². The highest BCUT2D eigenvalue weighted by molar-refractivity contribution is 5.98. The standard InChI is InChI=1S/C11H15N3O4/c1-18-7-11(10(16)17)3-2-4-14(11)9(15)8-5-12-13-6-8/h5-6H,2-4,7H2,1H3,(H,12,13)(H,16,17). The van der Waals surface area contributed by atoms with Crippen LogP contribution in [0.15, 0.2) is 12.4 Å². The summed E-state index contributed by atoms with van der Waals surface area (Å²) in [7, 11) is 1.43. The van der Waals surface area contributed by atoms with Crippen molar-refractivity contribution in [1.29, 1.82) is 0 Å². The van der Waals surface area contributed by atoms with Crippen molar-refractivity contribution in [1.82, 2.24) is 15.1 Å². The lowest BCUT2D eigenvalue weighted by atomic mass is 9.97. The Labute approximate surface area is 104 Å². The minimum Gasteiger partial charge on any atom is -0.479 e. The molecule has 2 N–H and O–H groups in total. The summed E-state index contributed by atoms with van der Waals surface area (Å²) in [6.45, 7) is 0.408. The van der Waals surface area contributed by atoms with Crippen molar-refractivity contribution in [3.63, 3.8) is 0 Å². The van der Waals surface area contributed by atoms with Crippen LogP contribution in [0.5, 0.6) is 0 Å². The molecule has 0 saturated carbocycles. The summed E-state index contributed by atoms with van der Waals surface area (Å²) >= 11 is 0. The van der Waals surface area contributed by atoms with Crippen LogP contribution in [0.25, 0.3) is 0 Å². The van der Waals surface area contributed by atoms with Gasteiger partial charge in [-0.2, -0.15) is 5.10 Å². The lowest BCUT2D eigenvalue weighted by molar-refractivity contribution is -0.151. The first-order valence-corrected chi connectivity index (χ1v) is 5.65. The van der Waals surface area contributed by atoms with E-state index in [1.165, 1.54) is 24.4 Å². The molecule has 2 heterocycles. The molecule has 1 fully saturated rings. The predicted molar refractivity (Wildman–Crippen MR) is 61.1 cm³/mol. The lowest BCUT2D eigenvalue weighted by Crippen LogP contribution is -2.56. The van der Waals surface area contributed by atoms with Crippen molar-refractivity contribution in [2.24, 2.45) is 0 Å². The van der Waals surface area contributed by atoms with E-state index in [4.69, 9.17) is 4.74 Å². The number of methoxy groups -OCH3 is 1. The molecule has 1 aliphatic heterocycles. The number of carbonyl (C=O) groups excluding carboxylic acids is 1. The number of carboxylic acid groups (broad SMARTS) is 1. The fraction of sp³-hybridized carbons (Fsp3) is 0.545. The van der Waals surface area contributed by atoms with Gasteiger partial charge in [0, 0.05) is 19.9 Å². The van der Waals surface area contributed by atoms with Crippen molar-refractivity contribution < 1.29 is 19.4 Å². The molecular formula is C11H15N3O4. The first kappa shape index (κ1) is 12.6. The second-order valence-electron chi connectivity index (χ2n) is 4.32. The molecule has 0 aromatic carbocycles. The van der Waals surface area contributed by atoms with E-state index in [-0.39, 0.29) is 12.5 Å². The van der Waals surface area contributed by atoms with E-state index in [1.54, 1.807) is 0 Å². The number of aromatic nitrogens is 2. The Hall–Kier alpha value is -1.89. The number of amides is 1. The Morgan fingerprint density at radius 1 is 1.67 bits per heavy atom. The van der Waals surface area contributed by atoms with Gasteiger partial charge in [-0.05, 0) is 12.8 Å². The lowest BCUT2D eigenvalue weighted by Gasteiger charge is -2.33. The number of hydrogen-bond donors (Lipinski definition) is 2. The van der Waals surface area contributed by atoms with Crippen LogP contribution in [0.4, 0.5) is 0 Å². The molecule has 1 saturated heterocycles. The van der Waals surface area contributed by atoms with Crippen LogP contribution in [0, 0.1) is 0 Å². The van der Waals surface area contributed by atoms with Gasteiger partial charge in [-0.1, -0.05) is 0 Å². The number of rotatable bonds is 4. The fourth-order valence-electron chi connectivity index (χ4n) is 2.37. The van der Waals surface area contributed by atoms with Crippen LogP contribution in [0.1, 0.15) is 23.2 Å². The van der Waals surface area contributed by atoms with Gasteiger partial charge in [0.15, 0.2) is 5.54 Å². The Kier molecular flexibility index (Phi) is 3.33. The van der Waals surface area contributed by atoms with Gasteiger partial charge >= 0.3 is 5.97 Å². The molecular weight excluding hydrogens is 238 g/mol. The number of ether oxygens (including phenoxy) is 1. The minimum absolute atomic E-state index is 0.00801. The monoisotopic (exact) mass is 253 g/mol. The second kappa shape index (κ2) is 4.77. The smallest absolute Gasteiger partial charge is 0.332 e. The summed E-state index contributed by atoms with van der Waals surface area (Å²) in [6, 6.07) is 0. The highest BCUT2D eigenvalue weighted by atomic mass is 16.5. The number of nitrogens with zero attached hydrogens (tertiary/aromatic N) is 2. The number of aliphatic carboxylic acids is 1. The first-order valence-electron chi connectivity index (χ1n) is 5.65. The Balaban J connectivity index is 2.30. The summed E-state index contributed by atoms with van der Waals surface area (Å²) in [6.07, 6.45) is 3.90. The topological polar surface area (TPSA) is 95.5 Å². The molecule has 1 amide bonds. The number of hydrogen-bond acceptors (Lipinski definition) is 4. The highest BCUT2D eigenvalue weighted by Crippen LogP contribution is 2.31. The number of aromatic amines is 1. The average molecular weight is 253 g/mol. The number of carboxylic acids is 1. The van der Waals surface area contributed by atoms with Gasteiger partial charge in [-0.15, -0.1) is 0 Å². The molecule has 1 atom stereocenters. The summed E-state index contributed by atoms with van der Waals surface area (Å²) < 4.78 is 4.99. The van der Waals surface area contributed by atoms with E-state index in [1.807, 2.05) is 0 Å². The average Bonchev–Trinajstić information content (AvgIpc) is 2.98. The predicted octanol–water partition coefficient (Wildman–Crippen LogP) is 0.115. The van der Waals surface area contributed by atoms with Gasteiger partial charge in [0.1, 0.15) is 0 Å². The maximum atomic E-state index is 12.2. The molecule has 0 radical (unpaired) electrons. The third kappa shape index (κ3) is 1.86. The Morgan fingerprint density at radius 2 is 2.44 bits per heavy atom. The molecule has 1 unspecified atom stereocenters. The van der Waals surface area contributed by atoms with Gasteiger partial charge in [-0.3, -0.25) is 9.89 Å². The summed E-state index contributed by atoms with van der Waals surface area (Å²) in [5.41, 5.74) is -0.901. The van der Waals surface area contributed by atoms with E-state index in [0.29, 0.717) is 24.9 Å².